The molecule has 2 saturated heterocycles. The van der Waals surface area contributed by atoms with Crippen molar-refractivity contribution in [3.05, 3.63) is 152 Å². The molecule has 2 aliphatic heterocycles. The SMILES string of the molecule is COc1ccc([C@@]23C(=O)N(Nc4ccc(Cl)cc4Cl)C(=O)[C@@H]2C[C@@H]2C(=CC[C@@H]4C(=O)N(c5ccc(C=Cc6cc(OC)ccc6OC)cc5)C(=O)[C@@H]42)[C@@H]3c2cc(Cl)ccc2O)cc1. The summed E-state index contributed by atoms with van der Waals surface area (Å²) in [6.45, 7) is 0. The second kappa shape index (κ2) is 16.5. The van der Waals surface area contributed by atoms with Gasteiger partial charge in [0, 0.05) is 27.1 Å². The lowest BCUT2D eigenvalue weighted by molar-refractivity contribution is -0.138. The van der Waals surface area contributed by atoms with Gasteiger partial charge in [-0.1, -0.05) is 82.9 Å². The first-order valence-electron chi connectivity index (χ1n) is 20.2. The number of imide groups is 2. The minimum Gasteiger partial charge on any atom is -0.508 e. The molecule has 5 aromatic carbocycles. The van der Waals surface area contributed by atoms with E-state index in [9.17, 15) is 14.7 Å². The number of rotatable bonds is 10. The summed E-state index contributed by atoms with van der Waals surface area (Å²) in [4.78, 5) is 61.1. The maximum atomic E-state index is 15.5. The van der Waals surface area contributed by atoms with Crippen LogP contribution in [0, 0.1) is 23.7 Å². The van der Waals surface area contributed by atoms with E-state index in [1.165, 1.54) is 30.2 Å². The van der Waals surface area contributed by atoms with Gasteiger partial charge in [-0.3, -0.25) is 29.5 Å². The lowest BCUT2D eigenvalue weighted by atomic mass is 9.49. The Morgan fingerprint density at radius 2 is 1.43 bits per heavy atom. The molecule has 4 amide bonds. The number of phenolic OH excluding ortho intramolecular Hbond substituents is 1. The highest BCUT2D eigenvalue weighted by atomic mass is 35.5. The van der Waals surface area contributed by atoms with Gasteiger partial charge in [0.25, 0.3) is 11.8 Å². The molecule has 4 aliphatic rings. The molecule has 0 bridgehead atoms. The minimum absolute atomic E-state index is 0.0400. The molecule has 63 heavy (non-hydrogen) atoms. The van der Waals surface area contributed by atoms with E-state index in [2.05, 4.69) is 5.43 Å². The third-order valence-corrected chi connectivity index (χ3v) is 13.7. The van der Waals surface area contributed by atoms with E-state index in [4.69, 9.17) is 49.0 Å². The topological polar surface area (TPSA) is 135 Å². The third kappa shape index (κ3) is 6.90. The third-order valence-electron chi connectivity index (χ3n) is 12.9. The van der Waals surface area contributed by atoms with E-state index >= 15 is 9.59 Å². The molecule has 320 valence electrons. The first-order valence-corrected chi connectivity index (χ1v) is 21.3. The average molecular weight is 905 g/mol. The van der Waals surface area contributed by atoms with Crippen molar-refractivity contribution in [3.63, 3.8) is 0 Å². The van der Waals surface area contributed by atoms with Gasteiger partial charge in [-0.2, -0.15) is 5.01 Å². The van der Waals surface area contributed by atoms with Crippen LogP contribution >= 0.6 is 34.8 Å². The number of anilines is 2. The summed E-state index contributed by atoms with van der Waals surface area (Å²) in [6.07, 6.45) is 5.93. The minimum atomic E-state index is -1.67. The summed E-state index contributed by atoms with van der Waals surface area (Å²) >= 11 is 19.4. The molecule has 0 radical (unpaired) electrons. The largest absolute Gasteiger partial charge is 0.508 e. The molecular weight excluding hydrogens is 865 g/mol. The first-order chi connectivity index (χ1) is 30.4. The van der Waals surface area contributed by atoms with Crippen LogP contribution in [0.1, 0.15) is 41.0 Å². The van der Waals surface area contributed by atoms with Crippen molar-refractivity contribution in [1.29, 1.82) is 0 Å². The Kier molecular flexibility index (Phi) is 11.0. The summed E-state index contributed by atoms with van der Waals surface area (Å²) in [5, 5.41) is 13.5. The Labute approximate surface area is 378 Å². The molecule has 0 spiro atoms. The maximum Gasteiger partial charge on any atom is 0.260 e. The number of carbonyl (C=O) groups excluding carboxylic acids is 4. The van der Waals surface area contributed by atoms with Crippen LogP contribution in [0.4, 0.5) is 11.4 Å². The van der Waals surface area contributed by atoms with Crippen LogP contribution in [0.5, 0.6) is 23.0 Å². The van der Waals surface area contributed by atoms with E-state index in [0.29, 0.717) is 49.7 Å². The molecule has 0 aromatic heterocycles. The number of halogens is 3. The van der Waals surface area contributed by atoms with Gasteiger partial charge in [-0.05, 0) is 109 Å². The number of fused-ring (bicyclic) bond motifs is 4. The Balaban J connectivity index is 1.13. The van der Waals surface area contributed by atoms with Crippen molar-refractivity contribution >= 4 is 82.0 Å². The zero-order valence-electron chi connectivity index (χ0n) is 34.2. The van der Waals surface area contributed by atoms with Crippen molar-refractivity contribution < 1.29 is 38.5 Å². The Morgan fingerprint density at radius 3 is 2.13 bits per heavy atom. The van der Waals surface area contributed by atoms with Gasteiger partial charge in [-0.25, -0.2) is 0 Å². The summed E-state index contributed by atoms with van der Waals surface area (Å²) < 4.78 is 16.4. The second-order valence-corrected chi connectivity index (χ2v) is 17.2. The Hall–Kier alpha value is -6.27. The van der Waals surface area contributed by atoms with Crippen LogP contribution in [0.25, 0.3) is 12.2 Å². The first kappa shape index (κ1) is 42.1. The Bertz CT molecular complexity index is 2760. The molecule has 3 fully saturated rings. The zero-order chi connectivity index (χ0) is 44.3. The highest BCUT2D eigenvalue weighted by molar-refractivity contribution is 6.36. The number of nitrogens with one attached hydrogen (secondary N) is 1. The van der Waals surface area contributed by atoms with E-state index in [1.54, 1.807) is 68.8 Å². The smallest absolute Gasteiger partial charge is 0.260 e. The number of benzene rings is 5. The number of methoxy groups -OCH3 is 3. The Morgan fingerprint density at radius 1 is 0.730 bits per heavy atom. The number of allylic oxidation sites excluding steroid dienone is 2. The number of hydrazine groups is 1. The highest BCUT2D eigenvalue weighted by Gasteiger charge is 2.70. The number of ether oxygens (including phenoxy) is 3. The molecule has 2 heterocycles. The van der Waals surface area contributed by atoms with Crippen LogP contribution in [-0.4, -0.2) is 55.1 Å². The van der Waals surface area contributed by atoms with E-state index in [-0.39, 0.29) is 35.2 Å². The number of aromatic hydroxyl groups is 1. The van der Waals surface area contributed by atoms with Gasteiger partial charge in [0.1, 0.15) is 23.0 Å². The van der Waals surface area contributed by atoms with Gasteiger partial charge >= 0.3 is 0 Å². The number of nitrogens with zero attached hydrogens (tertiary/aromatic N) is 2. The molecule has 2 aliphatic carbocycles. The van der Waals surface area contributed by atoms with Crippen LogP contribution in [0.2, 0.25) is 15.1 Å². The standard InChI is InChI=1S/C49H40Cl3N3O8/c1-61-32-14-8-28(9-15-32)49-38(46(58)55(48(49)60)53-40-19-10-30(51)24-39(40)52)25-36-34(44(49)37-23-29(50)11-20-41(37)56)17-18-35-43(36)47(59)54(45(35)57)31-12-5-26(6-13-31)4-7-27-22-33(62-2)16-21-42(27)63-3/h4-17,19-24,35-36,38,43-44,53,56H,18,25H2,1-3H3/t35-,36+,38-,43-,44+,49+/m0/s1. The normalized spacial score (nSPS) is 24.0. The quantitative estimate of drug-likeness (QED) is 0.0798. The van der Waals surface area contributed by atoms with Crippen LogP contribution < -0.4 is 24.5 Å². The van der Waals surface area contributed by atoms with E-state index < -0.39 is 52.7 Å². The van der Waals surface area contributed by atoms with Crippen LogP contribution in [0.3, 0.4) is 0 Å². The molecule has 1 saturated carbocycles. The average Bonchev–Trinajstić information content (AvgIpc) is 3.67. The highest BCUT2D eigenvalue weighted by Crippen LogP contribution is 2.65. The zero-order valence-corrected chi connectivity index (χ0v) is 36.4. The molecule has 2 N–H and O–H groups in total. The van der Waals surface area contributed by atoms with E-state index in [1.807, 2.05) is 48.6 Å². The maximum absolute atomic E-state index is 15.5. The summed E-state index contributed by atoms with van der Waals surface area (Å²) in [5.41, 5.74) is 5.05. The van der Waals surface area contributed by atoms with Crippen molar-refractivity contribution in [3.8, 4) is 23.0 Å². The predicted molar refractivity (Wildman–Crippen MR) is 241 cm³/mol. The van der Waals surface area contributed by atoms with Crippen molar-refractivity contribution in [2.24, 2.45) is 23.7 Å². The van der Waals surface area contributed by atoms with Gasteiger partial charge in [-0.15, -0.1) is 0 Å². The van der Waals surface area contributed by atoms with Crippen molar-refractivity contribution in [2.75, 3.05) is 31.7 Å². The molecular formula is C49H40Cl3N3O8. The van der Waals surface area contributed by atoms with Gasteiger partial charge in [0.05, 0.1) is 60.9 Å². The number of carbonyl (C=O) groups is 4. The number of hydrogen-bond donors (Lipinski definition) is 2. The molecule has 6 atom stereocenters. The fraction of sp³-hybridized carbons (Fsp3) is 0.224. The molecule has 14 heteroatoms. The monoisotopic (exact) mass is 903 g/mol. The number of hydrogen-bond acceptors (Lipinski definition) is 9. The number of amides is 4. The fourth-order valence-electron chi connectivity index (χ4n) is 10.1. The van der Waals surface area contributed by atoms with Gasteiger partial charge < -0.3 is 19.3 Å². The summed E-state index contributed by atoms with van der Waals surface area (Å²) in [6, 6.07) is 28.7. The second-order valence-electron chi connectivity index (χ2n) is 16.0. The fourth-order valence-corrected chi connectivity index (χ4v) is 10.7. The van der Waals surface area contributed by atoms with Crippen molar-refractivity contribution in [2.45, 2.75) is 24.2 Å². The summed E-state index contributed by atoms with van der Waals surface area (Å²) in [5.74, 6) is -4.60. The molecule has 9 rings (SSSR count). The van der Waals surface area contributed by atoms with E-state index in [0.717, 1.165) is 16.1 Å². The van der Waals surface area contributed by atoms with Crippen LogP contribution in [-0.2, 0) is 24.6 Å². The lowest BCUT2D eigenvalue weighted by Crippen LogP contribution is -2.53. The van der Waals surface area contributed by atoms with Crippen molar-refractivity contribution in [1.82, 2.24) is 5.01 Å². The molecule has 5 aromatic rings. The van der Waals surface area contributed by atoms with Gasteiger partial charge in [0.15, 0.2) is 0 Å². The molecule has 0 unspecified atom stereocenters. The predicted octanol–water partition coefficient (Wildman–Crippen LogP) is 9.74. The van der Waals surface area contributed by atoms with Gasteiger partial charge in [0.2, 0.25) is 11.8 Å². The lowest BCUT2D eigenvalue weighted by Gasteiger charge is -2.50. The molecule has 11 nitrogen and oxygen atoms in total. The van der Waals surface area contributed by atoms with Crippen LogP contribution in [0.15, 0.2) is 115 Å². The number of phenols is 1. The summed E-state index contributed by atoms with van der Waals surface area (Å²) in [7, 11) is 4.71.